The van der Waals surface area contributed by atoms with Crippen LogP contribution in [-0.2, 0) is 7.05 Å². The van der Waals surface area contributed by atoms with Gasteiger partial charge in [0.1, 0.15) is 5.69 Å². The molecule has 1 fully saturated rings. The highest BCUT2D eigenvalue weighted by Crippen LogP contribution is 2.36. The summed E-state index contributed by atoms with van der Waals surface area (Å²) in [7, 11) is 3.67. The minimum atomic E-state index is -0.339. The third-order valence-electron chi connectivity index (χ3n) is 4.35. The maximum Gasteiger partial charge on any atom is 0.333 e. The van der Waals surface area contributed by atoms with E-state index in [9.17, 15) is 10.1 Å². The van der Waals surface area contributed by atoms with Crippen LogP contribution in [0.3, 0.4) is 0 Å². The normalized spacial score (nSPS) is 22.8. The molecule has 2 N–H and O–H groups in total. The van der Waals surface area contributed by atoms with Crippen LogP contribution in [0.5, 0.6) is 0 Å². The number of hydrogen-bond acceptors (Lipinski definition) is 5. The van der Waals surface area contributed by atoms with Crippen LogP contribution < -0.4 is 10.6 Å². The molecule has 1 heterocycles. The van der Waals surface area contributed by atoms with E-state index in [4.69, 9.17) is 5.73 Å². The van der Waals surface area contributed by atoms with Crippen LogP contribution in [0.15, 0.2) is 0 Å². The third-order valence-corrected chi connectivity index (χ3v) is 4.35. The van der Waals surface area contributed by atoms with E-state index in [1.807, 2.05) is 11.9 Å². The molecule has 2 rings (SSSR count). The van der Waals surface area contributed by atoms with E-state index in [2.05, 4.69) is 5.10 Å². The van der Waals surface area contributed by atoms with Gasteiger partial charge in [0.25, 0.3) is 0 Å². The number of nitro groups is 1. The van der Waals surface area contributed by atoms with Crippen molar-refractivity contribution in [3.8, 4) is 0 Å². The van der Waals surface area contributed by atoms with E-state index in [1.165, 1.54) is 6.42 Å². The summed E-state index contributed by atoms with van der Waals surface area (Å²) >= 11 is 0. The van der Waals surface area contributed by atoms with Gasteiger partial charge in [0.05, 0.1) is 4.92 Å². The molecule has 2 unspecified atom stereocenters. The lowest BCUT2D eigenvalue weighted by molar-refractivity contribution is -0.384. The van der Waals surface area contributed by atoms with Crippen molar-refractivity contribution in [2.24, 2.45) is 18.7 Å². The Kier molecular flexibility index (Phi) is 4.27. The Balaban J connectivity index is 2.37. The number of hydrogen-bond donors (Lipinski definition) is 1. The molecule has 1 aliphatic carbocycles. The predicted octanol–water partition coefficient (Wildman–Crippen LogP) is 1.59. The van der Waals surface area contributed by atoms with Gasteiger partial charge in [-0.25, -0.2) is 4.68 Å². The van der Waals surface area contributed by atoms with Crippen molar-refractivity contribution in [3.63, 3.8) is 0 Å². The van der Waals surface area contributed by atoms with Crippen LogP contribution in [0.25, 0.3) is 0 Å². The Labute approximate surface area is 118 Å². The first-order chi connectivity index (χ1) is 9.47. The fourth-order valence-electron chi connectivity index (χ4n) is 3.37. The largest absolute Gasteiger partial charge is 0.351 e. The first-order valence-electron chi connectivity index (χ1n) is 7.08. The van der Waals surface area contributed by atoms with Gasteiger partial charge in [0.15, 0.2) is 0 Å². The van der Waals surface area contributed by atoms with Crippen molar-refractivity contribution in [3.05, 3.63) is 15.8 Å². The maximum atomic E-state index is 11.3. The molecule has 112 valence electrons. The van der Waals surface area contributed by atoms with Gasteiger partial charge >= 0.3 is 5.69 Å². The molecule has 20 heavy (non-hydrogen) atoms. The fraction of sp³-hybridized carbons (Fsp3) is 0.769. The number of nitrogens with zero attached hydrogens (tertiary/aromatic N) is 4. The minimum Gasteiger partial charge on any atom is -0.351 e. The molecule has 7 nitrogen and oxygen atoms in total. The van der Waals surface area contributed by atoms with Crippen molar-refractivity contribution >= 4 is 11.5 Å². The highest BCUT2D eigenvalue weighted by atomic mass is 16.6. The average Bonchev–Trinajstić information content (AvgIpc) is 2.72. The van der Waals surface area contributed by atoms with Crippen molar-refractivity contribution in [2.75, 3.05) is 18.5 Å². The lowest BCUT2D eigenvalue weighted by atomic mass is 9.83. The summed E-state index contributed by atoms with van der Waals surface area (Å²) in [5.74, 6) is 0.974. The highest BCUT2D eigenvalue weighted by molar-refractivity contribution is 5.61. The van der Waals surface area contributed by atoms with Gasteiger partial charge in [-0.3, -0.25) is 10.1 Å². The fourth-order valence-corrected chi connectivity index (χ4v) is 3.37. The van der Waals surface area contributed by atoms with Gasteiger partial charge < -0.3 is 10.6 Å². The van der Waals surface area contributed by atoms with Gasteiger partial charge in [-0.1, -0.05) is 12.8 Å². The molecule has 2 atom stereocenters. The number of aryl methyl sites for hydroxylation is 2. The molecule has 1 aliphatic rings. The van der Waals surface area contributed by atoms with Gasteiger partial charge in [-0.2, -0.15) is 5.10 Å². The third kappa shape index (κ3) is 2.49. The quantitative estimate of drug-likeness (QED) is 0.668. The Morgan fingerprint density at radius 3 is 2.75 bits per heavy atom. The van der Waals surface area contributed by atoms with Crippen LogP contribution in [-0.4, -0.2) is 34.3 Å². The monoisotopic (exact) mass is 281 g/mol. The molecular formula is C13H23N5O2. The van der Waals surface area contributed by atoms with E-state index in [1.54, 1.807) is 18.7 Å². The Hall–Kier alpha value is -1.63. The summed E-state index contributed by atoms with van der Waals surface area (Å²) in [4.78, 5) is 13.0. The summed E-state index contributed by atoms with van der Waals surface area (Å²) in [6.07, 6.45) is 4.46. The molecule has 0 radical (unpaired) electrons. The molecule has 7 heteroatoms. The summed E-state index contributed by atoms with van der Waals surface area (Å²) in [5.41, 5.74) is 6.43. The minimum absolute atomic E-state index is 0.108. The number of aromatic nitrogens is 2. The summed E-state index contributed by atoms with van der Waals surface area (Å²) < 4.78 is 1.61. The number of nitrogens with two attached hydrogens (primary N) is 1. The van der Waals surface area contributed by atoms with E-state index in [0.29, 0.717) is 24.0 Å². The van der Waals surface area contributed by atoms with Crippen molar-refractivity contribution in [1.29, 1.82) is 0 Å². The van der Waals surface area contributed by atoms with Gasteiger partial charge in [-0.15, -0.1) is 0 Å². The second-order valence-corrected chi connectivity index (χ2v) is 5.60. The maximum absolute atomic E-state index is 11.3. The number of anilines is 1. The SMILES string of the molecule is Cc1nn(C)c(N(C)C2CCCCC2CN)c1[N+](=O)[O-]. The van der Waals surface area contributed by atoms with Gasteiger partial charge in [0.2, 0.25) is 5.82 Å². The van der Waals surface area contributed by atoms with E-state index >= 15 is 0 Å². The van der Waals surface area contributed by atoms with Crippen molar-refractivity contribution in [1.82, 2.24) is 9.78 Å². The van der Waals surface area contributed by atoms with E-state index in [-0.39, 0.29) is 16.7 Å². The smallest absolute Gasteiger partial charge is 0.333 e. The molecule has 0 saturated heterocycles. The summed E-state index contributed by atoms with van der Waals surface area (Å²) in [5, 5.41) is 15.5. The molecular weight excluding hydrogens is 258 g/mol. The molecule has 1 aromatic rings. The van der Waals surface area contributed by atoms with Gasteiger partial charge in [-0.05, 0) is 32.2 Å². The first-order valence-corrected chi connectivity index (χ1v) is 7.08. The second kappa shape index (κ2) is 5.78. The lowest BCUT2D eigenvalue weighted by Crippen LogP contribution is -2.44. The van der Waals surface area contributed by atoms with Crippen LogP contribution in [0, 0.1) is 23.0 Å². The summed E-state index contributed by atoms with van der Waals surface area (Å²) in [6, 6.07) is 0.252. The molecule has 0 bridgehead atoms. The number of rotatable bonds is 4. The van der Waals surface area contributed by atoms with Crippen LogP contribution in [0.4, 0.5) is 11.5 Å². The Morgan fingerprint density at radius 2 is 2.15 bits per heavy atom. The first kappa shape index (κ1) is 14.8. The van der Waals surface area contributed by atoms with E-state index < -0.39 is 0 Å². The van der Waals surface area contributed by atoms with Crippen molar-refractivity contribution in [2.45, 2.75) is 38.6 Å². The molecule has 1 saturated carbocycles. The Morgan fingerprint density at radius 1 is 1.50 bits per heavy atom. The lowest BCUT2D eigenvalue weighted by Gasteiger charge is -2.38. The zero-order chi connectivity index (χ0) is 14.9. The highest BCUT2D eigenvalue weighted by Gasteiger charge is 2.34. The molecule has 0 aromatic carbocycles. The predicted molar refractivity (Wildman–Crippen MR) is 77.8 cm³/mol. The molecule has 0 amide bonds. The van der Waals surface area contributed by atoms with Crippen LogP contribution in [0.2, 0.25) is 0 Å². The zero-order valence-corrected chi connectivity index (χ0v) is 12.4. The standard InChI is InChI=1S/C13H23N5O2/c1-9-12(18(19)20)13(17(3)15-9)16(2)11-7-5-4-6-10(11)8-14/h10-11H,4-8,14H2,1-3H3. The average molecular weight is 281 g/mol. The van der Waals surface area contributed by atoms with Crippen molar-refractivity contribution < 1.29 is 4.92 Å². The van der Waals surface area contributed by atoms with Gasteiger partial charge in [0, 0.05) is 20.1 Å². The molecule has 0 aliphatic heterocycles. The second-order valence-electron chi connectivity index (χ2n) is 5.60. The molecule has 1 aromatic heterocycles. The topological polar surface area (TPSA) is 90.2 Å². The Bertz CT molecular complexity index is 499. The molecule has 0 spiro atoms. The zero-order valence-electron chi connectivity index (χ0n) is 12.4. The van der Waals surface area contributed by atoms with Crippen LogP contribution in [0.1, 0.15) is 31.4 Å². The summed E-state index contributed by atoms with van der Waals surface area (Å²) in [6.45, 7) is 2.30. The van der Waals surface area contributed by atoms with E-state index in [0.717, 1.165) is 19.3 Å². The van der Waals surface area contributed by atoms with Crippen LogP contribution >= 0.6 is 0 Å².